The van der Waals surface area contributed by atoms with Crippen LogP contribution >= 0.6 is 0 Å². The first-order valence-electron chi connectivity index (χ1n) is 4.73. The highest BCUT2D eigenvalue weighted by atomic mass is 16.3. The molecule has 0 aromatic heterocycles. The fourth-order valence-corrected chi connectivity index (χ4v) is 0.980. The normalized spacial score (nSPS) is 13.1. The monoisotopic (exact) mass is 217 g/mol. The molecule has 0 rings (SSSR count). The van der Waals surface area contributed by atoms with Crippen molar-refractivity contribution >= 4 is 11.9 Å². The van der Waals surface area contributed by atoms with Gasteiger partial charge in [0.1, 0.15) is 0 Å². The van der Waals surface area contributed by atoms with Crippen LogP contribution in [0.1, 0.15) is 20.8 Å². The molecule has 0 fully saturated rings. The van der Waals surface area contributed by atoms with E-state index in [2.05, 4.69) is 16.0 Å². The number of urea groups is 1. The summed E-state index contributed by atoms with van der Waals surface area (Å²) in [7, 11) is 1.43. The van der Waals surface area contributed by atoms with Crippen molar-refractivity contribution in [1.82, 2.24) is 16.0 Å². The van der Waals surface area contributed by atoms with Gasteiger partial charge >= 0.3 is 6.03 Å². The van der Waals surface area contributed by atoms with Gasteiger partial charge < -0.3 is 10.4 Å². The fraction of sp³-hybridized carbons (Fsp3) is 0.778. The highest BCUT2D eigenvalue weighted by molar-refractivity contribution is 5.96. The van der Waals surface area contributed by atoms with Crippen LogP contribution < -0.4 is 16.0 Å². The van der Waals surface area contributed by atoms with E-state index in [1.54, 1.807) is 20.8 Å². The number of imide groups is 1. The van der Waals surface area contributed by atoms with E-state index in [0.717, 1.165) is 0 Å². The molecule has 0 aromatic carbocycles. The van der Waals surface area contributed by atoms with E-state index in [0.29, 0.717) is 0 Å². The quantitative estimate of drug-likeness (QED) is 0.496. The van der Waals surface area contributed by atoms with Crippen LogP contribution in [0.5, 0.6) is 0 Å². The lowest BCUT2D eigenvalue weighted by Crippen LogP contribution is -2.54. The van der Waals surface area contributed by atoms with Crippen molar-refractivity contribution in [2.24, 2.45) is 0 Å². The Balaban J connectivity index is 4.16. The van der Waals surface area contributed by atoms with Gasteiger partial charge in [0.25, 0.3) is 0 Å². The lowest BCUT2D eigenvalue weighted by molar-refractivity contribution is -0.122. The maximum atomic E-state index is 11.4. The molecule has 3 amide bonds. The lowest BCUT2D eigenvalue weighted by Gasteiger charge is -2.27. The van der Waals surface area contributed by atoms with Crippen LogP contribution in [0.25, 0.3) is 0 Å². The van der Waals surface area contributed by atoms with Gasteiger partial charge in [-0.3, -0.25) is 15.4 Å². The second-order valence-corrected chi connectivity index (χ2v) is 3.98. The summed E-state index contributed by atoms with van der Waals surface area (Å²) in [6, 6.07) is -1.10. The fourth-order valence-electron chi connectivity index (χ4n) is 0.980. The number of rotatable bonds is 4. The van der Waals surface area contributed by atoms with Crippen LogP contribution in [0.2, 0.25) is 0 Å². The average Bonchev–Trinajstić information content (AvgIpc) is 2.16. The molecule has 6 nitrogen and oxygen atoms in total. The zero-order valence-corrected chi connectivity index (χ0v) is 9.55. The average molecular weight is 217 g/mol. The van der Waals surface area contributed by atoms with Gasteiger partial charge in [-0.2, -0.15) is 0 Å². The van der Waals surface area contributed by atoms with Gasteiger partial charge in [0.15, 0.2) is 0 Å². The van der Waals surface area contributed by atoms with Crippen LogP contribution in [0, 0.1) is 0 Å². The van der Waals surface area contributed by atoms with Crippen molar-refractivity contribution in [1.29, 1.82) is 0 Å². The summed E-state index contributed by atoms with van der Waals surface area (Å²) in [5, 5.41) is 16.3. The van der Waals surface area contributed by atoms with Crippen LogP contribution in [-0.2, 0) is 4.79 Å². The minimum atomic E-state index is -0.556. The predicted octanol–water partition coefficient (Wildman–Crippen LogP) is -0.809. The van der Waals surface area contributed by atoms with Crippen molar-refractivity contribution in [2.75, 3.05) is 13.7 Å². The van der Waals surface area contributed by atoms with Crippen LogP contribution in [0.15, 0.2) is 0 Å². The molecule has 0 heterocycles. The third kappa shape index (κ3) is 5.34. The molecule has 1 unspecified atom stereocenters. The summed E-state index contributed by atoms with van der Waals surface area (Å²) in [6.45, 7) is 5.05. The molecule has 15 heavy (non-hydrogen) atoms. The summed E-state index contributed by atoms with van der Waals surface area (Å²) in [4.78, 5) is 22.2. The van der Waals surface area contributed by atoms with Gasteiger partial charge in [0, 0.05) is 12.6 Å². The Morgan fingerprint density at radius 1 is 1.40 bits per heavy atom. The zero-order valence-electron chi connectivity index (χ0n) is 9.55. The van der Waals surface area contributed by atoms with Crippen molar-refractivity contribution in [3.63, 3.8) is 0 Å². The molecule has 6 heteroatoms. The first kappa shape index (κ1) is 13.9. The van der Waals surface area contributed by atoms with Crippen LogP contribution in [0.3, 0.4) is 0 Å². The Hall–Kier alpha value is -1.14. The van der Waals surface area contributed by atoms with E-state index >= 15 is 0 Å². The summed E-state index contributed by atoms with van der Waals surface area (Å²) in [5.41, 5.74) is -0.556. The molecular formula is C9H19N3O3. The maximum absolute atomic E-state index is 11.4. The first-order chi connectivity index (χ1) is 6.82. The minimum Gasteiger partial charge on any atom is -0.394 e. The second kappa shape index (κ2) is 5.67. The Morgan fingerprint density at radius 3 is 2.33 bits per heavy atom. The number of hydrogen-bond acceptors (Lipinski definition) is 4. The topological polar surface area (TPSA) is 90.5 Å². The van der Waals surface area contributed by atoms with Gasteiger partial charge in [-0.25, -0.2) is 4.79 Å². The summed E-state index contributed by atoms with van der Waals surface area (Å²) >= 11 is 0. The van der Waals surface area contributed by atoms with Crippen molar-refractivity contribution in [3.05, 3.63) is 0 Å². The maximum Gasteiger partial charge on any atom is 0.321 e. The van der Waals surface area contributed by atoms with Gasteiger partial charge in [-0.1, -0.05) is 0 Å². The van der Waals surface area contributed by atoms with E-state index in [9.17, 15) is 9.59 Å². The Labute approximate surface area is 89.4 Å². The molecule has 0 aliphatic carbocycles. The smallest absolute Gasteiger partial charge is 0.321 e. The van der Waals surface area contributed by atoms with Gasteiger partial charge in [-0.15, -0.1) is 0 Å². The largest absolute Gasteiger partial charge is 0.394 e. The molecule has 0 spiro atoms. The number of hydrogen-bond donors (Lipinski definition) is 4. The lowest BCUT2D eigenvalue weighted by atomic mass is 10.1. The van der Waals surface area contributed by atoms with E-state index in [-0.39, 0.29) is 6.61 Å². The standard InChI is InChI=1S/C9H19N3O3/c1-6(12-9(2,3)5-13)7(14)11-8(15)10-4/h6,12-13H,5H2,1-4H3,(H2,10,11,14,15). The van der Waals surface area contributed by atoms with E-state index in [1.165, 1.54) is 7.05 Å². The Bertz CT molecular complexity index is 241. The summed E-state index contributed by atoms with van der Waals surface area (Å²) in [5.74, 6) is -0.434. The highest BCUT2D eigenvalue weighted by Crippen LogP contribution is 2.01. The van der Waals surface area contributed by atoms with E-state index in [4.69, 9.17) is 5.11 Å². The Morgan fingerprint density at radius 2 is 1.93 bits per heavy atom. The highest BCUT2D eigenvalue weighted by Gasteiger charge is 2.23. The SMILES string of the molecule is CNC(=O)NC(=O)C(C)NC(C)(C)CO. The van der Waals surface area contributed by atoms with Crippen LogP contribution in [-0.4, -0.2) is 42.3 Å². The molecule has 0 saturated heterocycles. The number of amides is 3. The third-order valence-electron chi connectivity index (χ3n) is 1.86. The molecular weight excluding hydrogens is 198 g/mol. The molecule has 0 aromatic rings. The summed E-state index contributed by atoms with van der Waals surface area (Å²) < 4.78 is 0. The number of nitrogens with one attached hydrogen (secondary N) is 3. The van der Waals surface area contributed by atoms with Gasteiger partial charge in [0.2, 0.25) is 5.91 Å². The molecule has 0 aliphatic rings. The number of carbonyl (C=O) groups excluding carboxylic acids is 2. The molecule has 4 N–H and O–H groups in total. The first-order valence-corrected chi connectivity index (χ1v) is 4.73. The molecule has 0 radical (unpaired) electrons. The van der Waals surface area contributed by atoms with Crippen molar-refractivity contribution in [2.45, 2.75) is 32.4 Å². The van der Waals surface area contributed by atoms with Crippen molar-refractivity contribution < 1.29 is 14.7 Å². The number of aliphatic hydroxyl groups is 1. The molecule has 0 bridgehead atoms. The predicted molar refractivity (Wildman–Crippen MR) is 56.4 cm³/mol. The zero-order chi connectivity index (χ0) is 12.1. The van der Waals surface area contributed by atoms with E-state index in [1.807, 2.05) is 0 Å². The second-order valence-electron chi connectivity index (χ2n) is 3.98. The number of carbonyl (C=O) groups is 2. The Kier molecular flexibility index (Phi) is 5.24. The minimum absolute atomic E-state index is 0.0927. The molecule has 0 saturated carbocycles. The molecule has 88 valence electrons. The molecule has 1 atom stereocenters. The van der Waals surface area contributed by atoms with Gasteiger partial charge in [0.05, 0.1) is 12.6 Å². The number of aliphatic hydroxyl groups excluding tert-OH is 1. The molecule has 0 aliphatic heterocycles. The van der Waals surface area contributed by atoms with E-state index < -0.39 is 23.5 Å². The summed E-state index contributed by atoms with van der Waals surface area (Å²) in [6.07, 6.45) is 0. The van der Waals surface area contributed by atoms with Gasteiger partial charge in [-0.05, 0) is 20.8 Å². The third-order valence-corrected chi connectivity index (χ3v) is 1.86. The van der Waals surface area contributed by atoms with Crippen molar-refractivity contribution in [3.8, 4) is 0 Å². The van der Waals surface area contributed by atoms with Crippen LogP contribution in [0.4, 0.5) is 4.79 Å².